The number of likely N-dealkylation sites (tertiary alicyclic amines) is 2. The zero-order valence-corrected chi connectivity index (χ0v) is 26.5. The van der Waals surface area contributed by atoms with Gasteiger partial charge in [0.05, 0.1) is 11.3 Å². The summed E-state index contributed by atoms with van der Waals surface area (Å²) in [4.78, 5) is 35.6. The van der Waals surface area contributed by atoms with E-state index >= 15 is 4.39 Å². The van der Waals surface area contributed by atoms with Gasteiger partial charge in [0.1, 0.15) is 17.6 Å². The second-order valence-corrected chi connectivity index (χ2v) is 14.4. The number of pyridine rings is 1. The van der Waals surface area contributed by atoms with E-state index in [1.54, 1.807) is 12.3 Å². The van der Waals surface area contributed by atoms with Crippen molar-refractivity contribution >= 4 is 38.8 Å². The molecule has 0 bridgehead atoms. The lowest BCUT2D eigenvalue weighted by molar-refractivity contribution is 0.0637. The van der Waals surface area contributed by atoms with Crippen molar-refractivity contribution in [2.75, 3.05) is 50.5 Å². The normalized spacial score (nSPS) is 19.4. The summed E-state index contributed by atoms with van der Waals surface area (Å²) in [6.45, 7) is 3.57. The molecule has 0 radical (unpaired) electrons. The van der Waals surface area contributed by atoms with E-state index in [-0.39, 0.29) is 25.1 Å². The molecule has 1 atom stereocenters. The standard InChI is InChI=1S/C33H33F3N6O5S/c34-24-8-10-42(18-24)48(46,47)39-28-6-5-27(35)29(30(28)36)31(43)26-13-38-32-25(26)11-22(12-37-32)20-1-3-21(4-2-20)23-16-40(17-23)9-7-19-14-41(15-19)33(44)45/h1-6,11-13,19,23-24,39H,7-10,14-18H2,(H,37,38)(H,44,45)/t24-/m1/s1. The first-order valence-corrected chi connectivity index (χ1v) is 17.1. The first kappa shape index (κ1) is 32.1. The molecule has 0 saturated carbocycles. The third-order valence-corrected chi connectivity index (χ3v) is 11.0. The number of anilines is 1. The highest BCUT2D eigenvalue weighted by Crippen LogP contribution is 2.33. The number of aromatic amines is 1. The van der Waals surface area contributed by atoms with Gasteiger partial charge in [-0.15, -0.1) is 0 Å². The van der Waals surface area contributed by atoms with E-state index in [1.165, 1.54) is 16.7 Å². The summed E-state index contributed by atoms with van der Waals surface area (Å²) < 4.78 is 72.4. The molecular formula is C33H33F3N6O5S. The quantitative estimate of drug-likeness (QED) is 0.204. The lowest BCUT2D eigenvalue weighted by atomic mass is 9.89. The fourth-order valence-electron chi connectivity index (χ4n) is 6.62. The maximum absolute atomic E-state index is 15.6. The van der Waals surface area contributed by atoms with E-state index in [0.29, 0.717) is 41.5 Å². The van der Waals surface area contributed by atoms with E-state index in [0.717, 1.165) is 48.1 Å². The van der Waals surface area contributed by atoms with Crippen LogP contribution in [0.3, 0.4) is 0 Å². The molecule has 0 spiro atoms. The number of carbonyl (C=O) groups is 2. The minimum absolute atomic E-state index is 0.00989. The smallest absolute Gasteiger partial charge is 0.407 e. The Hall–Kier alpha value is -4.47. The van der Waals surface area contributed by atoms with Crippen molar-refractivity contribution in [3.8, 4) is 11.1 Å². The lowest BCUT2D eigenvalue weighted by Crippen LogP contribution is -2.51. The van der Waals surface area contributed by atoms with Gasteiger partial charge in [-0.05, 0) is 54.6 Å². The molecule has 11 nitrogen and oxygen atoms in total. The van der Waals surface area contributed by atoms with Crippen molar-refractivity contribution in [2.24, 2.45) is 5.92 Å². The zero-order chi connectivity index (χ0) is 33.7. The molecule has 48 heavy (non-hydrogen) atoms. The predicted octanol–water partition coefficient (Wildman–Crippen LogP) is 4.84. The van der Waals surface area contributed by atoms with Crippen LogP contribution in [-0.4, -0.2) is 101 Å². The van der Waals surface area contributed by atoms with Crippen molar-refractivity contribution < 1.29 is 36.3 Å². The van der Waals surface area contributed by atoms with E-state index in [9.17, 15) is 26.8 Å². The average molecular weight is 683 g/mol. The largest absolute Gasteiger partial charge is 0.465 e. The third-order valence-electron chi connectivity index (χ3n) is 9.52. The van der Waals surface area contributed by atoms with Crippen LogP contribution in [0.25, 0.3) is 22.2 Å². The molecule has 7 rings (SSSR count). The first-order valence-electron chi connectivity index (χ1n) is 15.7. The van der Waals surface area contributed by atoms with Crippen molar-refractivity contribution in [3.05, 3.63) is 83.2 Å². The van der Waals surface area contributed by atoms with Crippen LogP contribution in [0.4, 0.5) is 23.7 Å². The molecule has 0 unspecified atom stereocenters. The van der Waals surface area contributed by atoms with Crippen LogP contribution in [-0.2, 0) is 10.2 Å². The van der Waals surface area contributed by atoms with E-state index in [4.69, 9.17) is 5.11 Å². The van der Waals surface area contributed by atoms with E-state index in [2.05, 4.69) is 27.0 Å². The number of nitrogens with zero attached hydrogens (tertiary/aromatic N) is 4. The molecule has 3 aliphatic rings. The summed E-state index contributed by atoms with van der Waals surface area (Å²) in [5.74, 6) is -2.72. The number of fused-ring (bicyclic) bond motifs is 1. The SMILES string of the molecule is O=C(c1c(F)ccc(NS(=O)(=O)N2CC[C@@H](F)C2)c1F)c1c[nH]c2ncc(-c3ccc(C4CN(CCC5CN(C(=O)O)C5)C4)cc3)cc12. The average Bonchev–Trinajstić information content (AvgIpc) is 3.65. The number of rotatable bonds is 10. The van der Waals surface area contributed by atoms with Crippen LogP contribution >= 0.6 is 0 Å². The van der Waals surface area contributed by atoms with Crippen molar-refractivity contribution in [3.63, 3.8) is 0 Å². The summed E-state index contributed by atoms with van der Waals surface area (Å²) in [5, 5.41) is 9.32. The van der Waals surface area contributed by atoms with Gasteiger partial charge in [-0.3, -0.25) is 9.52 Å². The number of hydrogen-bond donors (Lipinski definition) is 3. The number of ketones is 1. The second-order valence-electron chi connectivity index (χ2n) is 12.7. The molecular weight excluding hydrogens is 649 g/mol. The number of hydrogen-bond acceptors (Lipinski definition) is 6. The van der Waals surface area contributed by atoms with Gasteiger partial charge < -0.3 is 19.9 Å². The number of benzene rings is 2. The maximum atomic E-state index is 15.6. The van der Waals surface area contributed by atoms with Gasteiger partial charge >= 0.3 is 16.3 Å². The van der Waals surface area contributed by atoms with Gasteiger partial charge in [0, 0.05) is 74.1 Å². The first-order chi connectivity index (χ1) is 23.0. The molecule has 252 valence electrons. The van der Waals surface area contributed by atoms with Gasteiger partial charge in [-0.1, -0.05) is 24.3 Å². The van der Waals surface area contributed by atoms with Crippen LogP contribution in [0.1, 0.15) is 40.2 Å². The topological polar surface area (TPSA) is 139 Å². The molecule has 4 aromatic rings. The summed E-state index contributed by atoms with van der Waals surface area (Å²) >= 11 is 0. The monoisotopic (exact) mass is 682 g/mol. The zero-order valence-electron chi connectivity index (χ0n) is 25.7. The fraction of sp³-hybridized carbons (Fsp3) is 0.364. The number of aromatic nitrogens is 2. The second kappa shape index (κ2) is 12.5. The minimum atomic E-state index is -4.33. The molecule has 3 saturated heterocycles. The number of carboxylic acid groups (broad SMARTS) is 1. The molecule has 2 aromatic heterocycles. The summed E-state index contributed by atoms with van der Waals surface area (Å²) in [7, 11) is -4.33. The summed E-state index contributed by atoms with van der Waals surface area (Å²) in [6.07, 6.45) is 1.74. The van der Waals surface area contributed by atoms with Crippen molar-refractivity contribution in [1.29, 1.82) is 0 Å². The molecule has 2 aromatic carbocycles. The van der Waals surface area contributed by atoms with Crippen molar-refractivity contribution in [2.45, 2.75) is 24.9 Å². The van der Waals surface area contributed by atoms with Crippen LogP contribution in [0.2, 0.25) is 0 Å². The van der Waals surface area contributed by atoms with Crippen LogP contribution in [0, 0.1) is 17.6 Å². The third kappa shape index (κ3) is 6.13. The fourth-order valence-corrected chi connectivity index (χ4v) is 7.89. The lowest BCUT2D eigenvalue weighted by Gasteiger charge is -2.42. The highest BCUT2D eigenvalue weighted by atomic mass is 32.2. The van der Waals surface area contributed by atoms with Crippen LogP contribution in [0.5, 0.6) is 0 Å². The maximum Gasteiger partial charge on any atom is 0.407 e. The predicted molar refractivity (Wildman–Crippen MR) is 172 cm³/mol. The van der Waals surface area contributed by atoms with Crippen LogP contribution in [0.15, 0.2) is 54.9 Å². The molecule has 15 heteroatoms. The number of nitrogens with one attached hydrogen (secondary N) is 2. The Bertz CT molecular complexity index is 1990. The molecule has 3 fully saturated rings. The molecule has 5 heterocycles. The molecule has 1 amide bonds. The Morgan fingerprint density at radius 3 is 2.46 bits per heavy atom. The number of alkyl halides is 1. The Kier molecular flexibility index (Phi) is 8.37. The highest BCUT2D eigenvalue weighted by molar-refractivity contribution is 7.90. The minimum Gasteiger partial charge on any atom is -0.465 e. The van der Waals surface area contributed by atoms with Crippen molar-refractivity contribution in [1.82, 2.24) is 24.1 Å². The van der Waals surface area contributed by atoms with Gasteiger partial charge in [0.25, 0.3) is 0 Å². The number of halogens is 3. The van der Waals surface area contributed by atoms with Gasteiger partial charge in [0.2, 0.25) is 5.78 Å². The Balaban J connectivity index is 1.04. The number of carbonyl (C=O) groups excluding carboxylic acids is 1. The summed E-state index contributed by atoms with van der Waals surface area (Å²) in [5.41, 5.74) is 1.45. The number of H-pyrrole nitrogens is 1. The van der Waals surface area contributed by atoms with Crippen LogP contribution < -0.4 is 4.72 Å². The number of amides is 1. The molecule has 3 aliphatic heterocycles. The van der Waals surface area contributed by atoms with E-state index in [1.807, 2.05) is 16.9 Å². The van der Waals surface area contributed by atoms with E-state index < -0.39 is 51.1 Å². The highest BCUT2D eigenvalue weighted by Gasteiger charge is 2.34. The summed E-state index contributed by atoms with van der Waals surface area (Å²) in [6, 6.07) is 11.4. The van der Waals surface area contributed by atoms with Gasteiger partial charge in [-0.2, -0.15) is 12.7 Å². The molecule has 3 N–H and O–H groups in total. The Morgan fingerprint density at radius 2 is 1.77 bits per heavy atom. The Morgan fingerprint density at radius 1 is 1.02 bits per heavy atom. The van der Waals surface area contributed by atoms with Gasteiger partial charge in [-0.25, -0.2) is 22.9 Å². The van der Waals surface area contributed by atoms with Gasteiger partial charge in [0.15, 0.2) is 5.82 Å². The molecule has 0 aliphatic carbocycles. The Labute approximate surface area is 274 Å².